The van der Waals surface area contributed by atoms with Crippen molar-refractivity contribution in [2.45, 2.75) is 38.6 Å². The van der Waals surface area contributed by atoms with Crippen LogP contribution in [0.5, 0.6) is 0 Å². The first-order valence-corrected chi connectivity index (χ1v) is 7.79. The molecule has 3 nitrogen and oxygen atoms in total. The first kappa shape index (κ1) is 12.1. The van der Waals surface area contributed by atoms with Crippen LogP contribution >= 0.6 is 23.6 Å². The maximum Gasteiger partial charge on any atom is 0.195 e. The van der Waals surface area contributed by atoms with Crippen molar-refractivity contribution in [2.75, 3.05) is 0 Å². The van der Waals surface area contributed by atoms with Gasteiger partial charge >= 0.3 is 0 Å². The lowest BCUT2D eigenvalue weighted by Gasteiger charge is -2.17. The van der Waals surface area contributed by atoms with Crippen molar-refractivity contribution < 1.29 is 0 Å². The van der Waals surface area contributed by atoms with Gasteiger partial charge in [-0.1, -0.05) is 25.8 Å². The highest BCUT2D eigenvalue weighted by Crippen LogP contribution is 2.39. The lowest BCUT2D eigenvalue weighted by molar-refractivity contribution is 0.427. The zero-order chi connectivity index (χ0) is 12.5. The highest BCUT2D eigenvalue weighted by molar-refractivity contribution is 7.71. The Morgan fingerprint density at radius 3 is 3.06 bits per heavy atom. The molecule has 0 aliphatic heterocycles. The third-order valence-electron chi connectivity index (χ3n) is 3.58. The SMILES string of the molecule is CCC(CC1CC1)n1c(-c2cccs2)n[nH]c1=S. The van der Waals surface area contributed by atoms with Crippen LogP contribution in [0.4, 0.5) is 0 Å². The van der Waals surface area contributed by atoms with Gasteiger partial charge in [0.2, 0.25) is 0 Å². The van der Waals surface area contributed by atoms with Crippen molar-refractivity contribution in [3.8, 4) is 10.7 Å². The number of hydrogen-bond acceptors (Lipinski definition) is 3. The average Bonchev–Trinajstić information content (AvgIpc) is 2.89. The molecule has 1 fully saturated rings. The molecule has 0 aromatic carbocycles. The molecule has 0 saturated heterocycles. The standard InChI is InChI=1S/C13H17N3S2/c1-2-10(8-9-5-6-9)16-12(14-15-13(16)17)11-4-3-7-18-11/h3-4,7,9-10H,2,5-6,8H2,1H3,(H,15,17). The summed E-state index contributed by atoms with van der Waals surface area (Å²) in [5, 5.41) is 9.45. The van der Waals surface area contributed by atoms with E-state index >= 15 is 0 Å². The van der Waals surface area contributed by atoms with Crippen LogP contribution in [0.1, 0.15) is 38.6 Å². The van der Waals surface area contributed by atoms with Crippen LogP contribution in [0.3, 0.4) is 0 Å². The number of nitrogens with zero attached hydrogens (tertiary/aromatic N) is 2. The predicted octanol–water partition coefficient (Wildman–Crippen LogP) is 4.42. The van der Waals surface area contributed by atoms with Gasteiger partial charge in [-0.15, -0.1) is 11.3 Å². The largest absolute Gasteiger partial charge is 0.296 e. The van der Waals surface area contributed by atoms with E-state index in [0.29, 0.717) is 6.04 Å². The molecule has 0 bridgehead atoms. The number of hydrogen-bond donors (Lipinski definition) is 1. The minimum atomic E-state index is 0.487. The first-order valence-electron chi connectivity index (χ1n) is 6.50. The van der Waals surface area contributed by atoms with E-state index in [1.54, 1.807) is 11.3 Å². The van der Waals surface area contributed by atoms with Gasteiger partial charge in [0.1, 0.15) is 0 Å². The van der Waals surface area contributed by atoms with Crippen LogP contribution in [0, 0.1) is 10.7 Å². The summed E-state index contributed by atoms with van der Waals surface area (Å²) in [5.41, 5.74) is 0. The number of aromatic amines is 1. The molecule has 0 radical (unpaired) electrons. The Kier molecular flexibility index (Phi) is 3.35. The summed E-state index contributed by atoms with van der Waals surface area (Å²) in [4.78, 5) is 1.19. The quantitative estimate of drug-likeness (QED) is 0.822. The topological polar surface area (TPSA) is 33.6 Å². The molecule has 18 heavy (non-hydrogen) atoms. The van der Waals surface area contributed by atoms with E-state index in [4.69, 9.17) is 12.2 Å². The van der Waals surface area contributed by atoms with Gasteiger partial charge in [-0.2, -0.15) is 5.10 Å². The Morgan fingerprint density at radius 1 is 1.61 bits per heavy atom. The second kappa shape index (κ2) is 4.97. The monoisotopic (exact) mass is 279 g/mol. The minimum absolute atomic E-state index is 0.487. The third-order valence-corrected chi connectivity index (χ3v) is 4.74. The predicted molar refractivity (Wildman–Crippen MR) is 77.4 cm³/mol. The van der Waals surface area contributed by atoms with Crippen LogP contribution in [0.25, 0.3) is 10.7 Å². The van der Waals surface area contributed by atoms with Crippen molar-refractivity contribution in [3.05, 3.63) is 22.3 Å². The Hall–Kier alpha value is -0.940. The molecule has 96 valence electrons. The maximum absolute atomic E-state index is 5.41. The molecular formula is C13H17N3S2. The molecule has 1 unspecified atom stereocenters. The van der Waals surface area contributed by atoms with Gasteiger partial charge in [0.25, 0.3) is 0 Å². The molecule has 1 aliphatic carbocycles. The minimum Gasteiger partial charge on any atom is -0.296 e. The van der Waals surface area contributed by atoms with Crippen LogP contribution < -0.4 is 0 Å². The Balaban J connectivity index is 1.98. The van der Waals surface area contributed by atoms with Crippen molar-refractivity contribution in [2.24, 2.45) is 5.92 Å². The third kappa shape index (κ3) is 2.29. The fraction of sp³-hybridized carbons (Fsp3) is 0.538. The van der Waals surface area contributed by atoms with Crippen LogP contribution in [0.2, 0.25) is 0 Å². The van der Waals surface area contributed by atoms with Crippen molar-refractivity contribution in [1.29, 1.82) is 0 Å². The van der Waals surface area contributed by atoms with Gasteiger partial charge in [0, 0.05) is 6.04 Å². The highest BCUT2D eigenvalue weighted by Gasteiger charge is 2.27. The molecular weight excluding hydrogens is 262 g/mol. The second-order valence-electron chi connectivity index (χ2n) is 4.94. The second-order valence-corrected chi connectivity index (χ2v) is 6.28. The van der Waals surface area contributed by atoms with Crippen molar-refractivity contribution in [3.63, 3.8) is 0 Å². The van der Waals surface area contributed by atoms with Crippen LogP contribution in [-0.4, -0.2) is 14.8 Å². The lowest BCUT2D eigenvalue weighted by Crippen LogP contribution is -2.10. The summed E-state index contributed by atoms with van der Waals surface area (Å²) in [6.45, 7) is 2.24. The number of thiophene rings is 1. The Bertz CT molecular complexity index is 563. The molecule has 3 rings (SSSR count). The van der Waals surface area contributed by atoms with E-state index in [9.17, 15) is 0 Å². The molecule has 1 atom stereocenters. The number of aromatic nitrogens is 3. The molecule has 5 heteroatoms. The van der Waals surface area contributed by atoms with E-state index in [0.717, 1.165) is 22.9 Å². The molecule has 0 spiro atoms. The summed E-state index contributed by atoms with van der Waals surface area (Å²) in [7, 11) is 0. The molecule has 1 N–H and O–H groups in total. The van der Waals surface area contributed by atoms with Crippen molar-refractivity contribution in [1.82, 2.24) is 14.8 Å². The highest BCUT2D eigenvalue weighted by atomic mass is 32.1. The van der Waals surface area contributed by atoms with Crippen LogP contribution in [-0.2, 0) is 0 Å². The molecule has 1 saturated carbocycles. The lowest BCUT2D eigenvalue weighted by atomic mass is 10.1. The van der Waals surface area contributed by atoms with Crippen molar-refractivity contribution >= 4 is 23.6 Å². The van der Waals surface area contributed by atoms with E-state index in [1.165, 1.54) is 24.1 Å². The van der Waals surface area contributed by atoms with Gasteiger partial charge in [-0.05, 0) is 42.4 Å². The fourth-order valence-electron chi connectivity index (χ4n) is 2.42. The van der Waals surface area contributed by atoms with Gasteiger partial charge in [-0.3, -0.25) is 9.67 Å². The van der Waals surface area contributed by atoms with Gasteiger partial charge in [0.15, 0.2) is 10.6 Å². The molecule has 2 aromatic heterocycles. The van der Waals surface area contributed by atoms with E-state index < -0.39 is 0 Å². The fourth-order valence-corrected chi connectivity index (χ4v) is 3.41. The zero-order valence-corrected chi connectivity index (χ0v) is 12.1. The first-order chi connectivity index (χ1) is 8.79. The van der Waals surface area contributed by atoms with Gasteiger partial charge in [0.05, 0.1) is 4.88 Å². The number of H-pyrrole nitrogens is 1. The summed E-state index contributed by atoms with van der Waals surface area (Å²) in [6, 6.07) is 4.65. The summed E-state index contributed by atoms with van der Waals surface area (Å²) in [6.07, 6.45) is 5.12. The van der Waals surface area contributed by atoms with Gasteiger partial charge in [-0.25, -0.2) is 0 Å². The molecule has 2 aromatic rings. The molecule has 1 aliphatic rings. The summed E-state index contributed by atoms with van der Waals surface area (Å²) >= 11 is 7.13. The normalized spacial score (nSPS) is 16.9. The Labute approximate surface area is 116 Å². The number of rotatable bonds is 5. The average molecular weight is 279 g/mol. The summed E-state index contributed by atoms with van der Waals surface area (Å²) < 4.78 is 2.98. The van der Waals surface area contributed by atoms with Gasteiger partial charge < -0.3 is 0 Å². The number of nitrogens with one attached hydrogen (secondary N) is 1. The molecule has 0 amide bonds. The summed E-state index contributed by atoms with van der Waals surface area (Å²) in [5.74, 6) is 1.91. The Morgan fingerprint density at radius 2 is 2.44 bits per heavy atom. The maximum atomic E-state index is 5.41. The zero-order valence-electron chi connectivity index (χ0n) is 10.4. The van der Waals surface area contributed by atoms with E-state index in [-0.39, 0.29) is 0 Å². The van der Waals surface area contributed by atoms with E-state index in [1.807, 2.05) is 0 Å². The van der Waals surface area contributed by atoms with Crippen LogP contribution in [0.15, 0.2) is 17.5 Å². The molecule has 2 heterocycles. The smallest absolute Gasteiger partial charge is 0.195 e. The van der Waals surface area contributed by atoms with E-state index in [2.05, 4.69) is 39.2 Å².